The van der Waals surface area contributed by atoms with Gasteiger partial charge in [-0.05, 0) is 27.7 Å². The Morgan fingerprint density at radius 2 is 1.86 bits per heavy atom. The molecule has 0 unspecified atom stereocenters. The number of esters is 1. The van der Waals surface area contributed by atoms with Crippen LogP contribution in [0.3, 0.4) is 0 Å². The normalized spacial score (nSPS) is 19.7. The van der Waals surface area contributed by atoms with Crippen molar-refractivity contribution in [2.24, 2.45) is 0 Å². The van der Waals surface area contributed by atoms with Crippen LogP contribution < -0.4 is 4.74 Å². The Balaban J connectivity index is 2.15. The fourth-order valence-corrected chi connectivity index (χ4v) is 2.79. The first-order valence-corrected chi connectivity index (χ1v) is 9.04. The first-order chi connectivity index (χ1) is 13.1. The predicted octanol–water partition coefficient (Wildman–Crippen LogP) is 3.84. The Morgan fingerprint density at radius 3 is 2.43 bits per heavy atom. The molecular weight excluding hydrogens is 372 g/mol. The van der Waals surface area contributed by atoms with Crippen molar-refractivity contribution in [1.82, 2.24) is 4.90 Å². The Bertz CT molecular complexity index is 724. The first-order valence-electron chi connectivity index (χ1n) is 9.04. The first kappa shape index (κ1) is 21.7. The van der Waals surface area contributed by atoms with Gasteiger partial charge >= 0.3 is 12.1 Å². The number of halogens is 2. The number of rotatable bonds is 5. The molecule has 1 saturated heterocycles. The molecule has 0 aromatic heterocycles. The lowest BCUT2D eigenvalue weighted by Gasteiger charge is -2.27. The van der Waals surface area contributed by atoms with Gasteiger partial charge in [0.25, 0.3) is 0 Å². The molecule has 1 amide bonds. The average Bonchev–Trinajstić information content (AvgIpc) is 2.93. The molecule has 0 spiro atoms. The number of hydrogen-bond acceptors (Lipinski definition) is 5. The number of amides is 1. The third kappa shape index (κ3) is 6.51. The van der Waals surface area contributed by atoms with E-state index in [0.717, 1.165) is 18.2 Å². The summed E-state index contributed by atoms with van der Waals surface area (Å²) in [5.41, 5.74) is -0.697. The molecule has 1 heterocycles. The number of hydrogen-bond donors (Lipinski definition) is 0. The molecule has 0 radical (unpaired) electrons. The Labute approximate surface area is 163 Å². The van der Waals surface area contributed by atoms with Crippen LogP contribution in [0.4, 0.5) is 13.6 Å². The highest BCUT2D eigenvalue weighted by Gasteiger charge is 2.37. The van der Waals surface area contributed by atoms with Crippen molar-refractivity contribution in [2.75, 3.05) is 13.2 Å². The van der Waals surface area contributed by atoms with E-state index in [2.05, 4.69) is 0 Å². The van der Waals surface area contributed by atoms with E-state index in [1.807, 2.05) is 0 Å². The van der Waals surface area contributed by atoms with E-state index in [0.29, 0.717) is 6.42 Å². The second kappa shape index (κ2) is 9.03. The van der Waals surface area contributed by atoms with Crippen LogP contribution in [0.15, 0.2) is 30.4 Å². The minimum Gasteiger partial charge on any atom is -0.488 e. The van der Waals surface area contributed by atoms with Gasteiger partial charge in [-0.3, -0.25) is 4.90 Å². The molecule has 6 nitrogen and oxygen atoms in total. The van der Waals surface area contributed by atoms with Crippen LogP contribution in [0.25, 0.3) is 0 Å². The van der Waals surface area contributed by atoms with Crippen molar-refractivity contribution in [3.63, 3.8) is 0 Å². The third-order valence-electron chi connectivity index (χ3n) is 3.81. The van der Waals surface area contributed by atoms with Gasteiger partial charge in [-0.1, -0.05) is 6.08 Å². The molecule has 0 N–H and O–H groups in total. The van der Waals surface area contributed by atoms with Crippen molar-refractivity contribution in [3.05, 3.63) is 42.0 Å². The monoisotopic (exact) mass is 397 g/mol. The van der Waals surface area contributed by atoms with Gasteiger partial charge in [-0.15, -0.1) is 0 Å². The van der Waals surface area contributed by atoms with E-state index in [1.54, 1.807) is 27.7 Å². The maximum atomic E-state index is 13.4. The zero-order valence-electron chi connectivity index (χ0n) is 16.4. The van der Waals surface area contributed by atoms with Crippen LogP contribution in [-0.4, -0.2) is 47.9 Å². The minimum absolute atomic E-state index is 0.0293. The molecule has 8 heteroatoms. The second-order valence-electron chi connectivity index (χ2n) is 7.39. The number of likely N-dealkylation sites (tertiary alicyclic amines) is 1. The lowest BCUT2D eigenvalue weighted by atomic mass is 10.2. The lowest BCUT2D eigenvalue weighted by molar-refractivity contribution is -0.137. The molecule has 0 aliphatic carbocycles. The molecule has 1 aliphatic rings. The maximum absolute atomic E-state index is 13.4. The molecule has 154 valence electrons. The fraction of sp³-hybridized carbons (Fsp3) is 0.500. The fourth-order valence-electron chi connectivity index (χ4n) is 2.79. The van der Waals surface area contributed by atoms with E-state index >= 15 is 0 Å². The van der Waals surface area contributed by atoms with E-state index in [9.17, 15) is 18.4 Å². The molecule has 2 rings (SSSR count). The third-order valence-corrected chi connectivity index (χ3v) is 3.81. The van der Waals surface area contributed by atoms with Crippen molar-refractivity contribution >= 4 is 12.1 Å². The van der Waals surface area contributed by atoms with Crippen LogP contribution in [0.5, 0.6) is 5.75 Å². The zero-order chi connectivity index (χ0) is 20.9. The molecule has 28 heavy (non-hydrogen) atoms. The topological polar surface area (TPSA) is 65.1 Å². The van der Waals surface area contributed by atoms with Gasteiger partial charge in [0.2, 0.25) is 0 Å². The van der Waals surface area contributed by atoms with E-state index in [4.69, 9.17) is 14.2 Å². The summed E-state index contributed by atoms with van der Waals surface area (Å²) in [5, 5.41) is 0. The molecule has 1 aromatic rings. The quantitative estimate of drug-likeness (QED) is 0.558. The largest absolute Gasteiger partial charge is 0.488 e. The van der Waals surface area contributed by atoms with Gasteiger partial charge in [0, 0.05) is 30.7 Å². The molecule has 1 aromatic carbocycles. The summed E-state index contributed by atoms with van der Waals surface area (Å²) in [6.07, 6.45) is 2.02. The number of benzene rings is 1. The number of nitrogens with zero attached hydrogens (tertiary/aromatic N) is 1. The highest BCUT2D eigenvalue weighted by molar-refractivity contribution is 5.82. The Kier molecular flexibility index (Phi) is 6.99. The summed E-state index contributed by atoms with van der Waals surface area (Å²) in [4.78, 5) is 25.5. The smallest absolute Gasteiger partial charge is 0.410 e. The minimum atomic E-state index is -0.754. The molecule has 1 fully saturated rings. The van der Waals surface area contributed by atoms with Gasteiger partial charge < -0.3 is 14.2 Å². The predicted molar refractivity (Wildman–Crippen MR) is 97.9 cm³/mol. The highest BCUT2D eigenvalue weighted by atomic mass is 19.1. The van der Waals surface area contributed by atoms with Crippen molar-refractivity contribution < 1.29 is 32.6 Å². The summed E-state index contributed by atoms with van der Waals surface area (Å²) >= 11 is 0. The molecule has 0 bridgehead atoms. The Morgan fingerprint density at radius 1 is 1.21 bits per heavy atom. The van der Waals surface area contributed by atoms with Crippen LogP contribution >= 0.6 is 0 Å². The second-order valence-corrected chi connectivity index (χ2v) is 7.39. The van der Waals surface area contributed by atoms with E-state index in [-0.39, 0.29) is 18.9 Å². The lowest BCUT2D eigenvalue weighted by Crippen LogP contribution is -2.39. The van der Waals surface area contributed by atoms with Crippen molar-refractivity contribution in [3.8, 4) is 5.75 Å². The van der Waals surface area contributed by atoms with Crippen LogP contribution in [0, 0.1) is 11.6 Å². The Hall–Kier alpha value is -2.64. The van der Waals surface area contributed by atoms with Crippen molar-refractivity contribution in [2.45, 2.75) is 51.9 Å². The van der Waals surface area contributed by atoms with Gasteiger partial charge in [0.05, 0.1) is 19.2 Å². The number of ether oxygens (including phenoxy) is 3. The van der Waals surface area contributed by atoms with Crippen LogP contribution in [-0.2, 0) is 14.3 Å². The summed E-state index contributed by atoms with van der Waals surface area (Å²) in [7, 11) is 0. The van der Waals surface area contributed by atoms with Gasteiger partial charge in [-0.25, -0.2) is 18.4 Å². The van der Waals surface area contributed by atoms with Crippen LogP contribution in [0.1, 0.15) is 34.1 Å². The molecule has 1 aliphatic heterocycles. The van der Waals surface area contributed by atoms with E-state index in [1.165, 1.54) is 17.1 Å². The molecule has 2 atom stereocenters. The average molecular weight is 397 g/mol. The van der Waals surface area contributed by atoms with Crippen molar-refractivity contribution in [1.29, 1.82) is 0 Å². The summed E-state index contributed by atoms with van der Waals surface area (Å²) < 4.78 is 42.7. The van der Waals surface area contributed by atoms with Gasteiger partial charge in [-0.2, -0.15) is 0 Å². The standard InChI is InChI=1S/C20H25F2NO5/c1-5-26-18(24)7-6-15-11-17(12-23(15)19(25)28-20(2,3)4)27-16-9-13(21)8-14(22)10-16/h6-10,15,17H,5,11-12H2,1-4H3/b7-6+/t15-,17+/m1/s1. The zero-order valence-corrected chi connectivity index (χ0v) is 16.4. The molecular formula is C20H25F2NO5. The van der Waals surface area contributed by atoms with Crippen LogP contribution in [0.2, 0.25) is 0 Å². The van der Waals surface area contributed by atoms with E-state index < -0.39 is 41.4 Å². The summed E-state index contributed by atoms with van der Waals surface area (Å²) in [5.74, 6) is -2.00. The summed E-state index contributed by atoms with van der Waals surface area (Å²) in [6.45, 7) is 7.30. The highest BCUT2D eigenvalue weighted by Crippen LogP contribution is 2.26. The number of carbonyl (C=O) groups is 2. The summed E-state index contributed by atoms with van der Waals surface area (Å²) in [6, 6.07) is 2.41. The SMILES string of the molecule is CCOC(=O)/C=C/[C@@H]1C[C@H](Oc2cc(F)cc(F)c2)CN1C(=O)OC(C)(C)C. The van der Waals surface area contributed by atoms with Gasteiger partial charge in [0.1, 0.15) is 29.1 Å². The number of carbonyl (C=O) groups excluding carboxylic acids is 2. The van der Waals surface area contributed by atoms with Gasteiger partial charge in [0.15, 0.2) is 0 Å². The maximum Gasteiger partial charge on any atom is 0.410 e. The molecule has 0 saturated carbocycles.